The molecule has 0 spiro atoms. The van der Waals surface area contributed by atoms with Gasteiger partial charge in [-0.25, -0.2) is 0 Å². The molecule has 0 aromatic rings. The van der Waals surface area contributed by atoms with Crippen molar-refractivity contribution in [3.8, 4) is 0 Å². The van der Waals surface area contributed by atoms with Gasteiger partial charge in [0.2, 0.25) is 5.91 Å². The molecule has 0 aromatic carbocycles. The van der Waals surface area contributed by atoms with E-state index in [9.17, 15) is 9.59 Å². The Balaban J connectivity index is 4.32. The SMILES string of the molecule is CC(NC(=O)CC(C)(C)CC(=O)O)C(C)(C)C. The molecule has 0 saturated carbocycles. The maximum Gasteiger partial charge on any atom is 0.303 e. The van der Waals surface area contributed by atoms with E-state index in [2.05, 4.69) is 26.1 Å². The molecular weight excluding hydrogens is 218 g/mol. The van der Waals surface area contributed by atoms with Crippen molar-refractivity contribution in [2.45, 2.75) is 60.4 Å². The van der Waals surface area contributed by atoms with Gasteiger partial charge >= 0.3 is 5.97 Å². The Morgan fingerprint density at radius 2 is 1.59 bits per heavy atom. The first-order valence-corrected chi connectivity index (χ1v) is 5.95. The molecule has 0 aliphatic carbocycles. The van der Waals surface area contributed by atoms with E-state index in [0.717, 1.165) is 0 Å². The monoisotopic (exact) mass is 243 g/mol. The predicted octanol–water partition coefficient (Wildman–Crippen LogP) is 2.43. The van der Waals surface area contributed by atoms with Crippen molar-refractivity contribution in [3.63, 3.8) is 0 Å². The number of carboxylic acid groups (broad SMARTS) is 1. The number of nitrogens with one attached hydrogen (secondary N) is 1. The molecule has 0 aliphatic rings. The number of carbonyl (C=O) groups is 2. The minimum absolute atomic E-state index is 0.00428. The molecule has 0 bridgehead atoms. The Morgan fingerprint density at radius 3 is 1.94 bits per heavy atom. The highest BCUT2D eigenvalue weighted by atomic mass is 16.4. The smallest absolute Gasteiger partial charge is 0.303 e. The Kier molecular flexibility index (Phi) is 5.17. The third kappa shape index (κ3) is 6.97. The van der Waals surface area contributed by atoms with Crippen molar-refractivity contribution in [2.75, 3.05) is 0 Å². The number of carbonyl (C=O) groups excluding carboxylic acids is 1. The van der Waals surface area contributed by atoms with E-state index >= 15 is 0 Å². The second-order valence-corrected chi connectivity index (χ2v) is 6.57. The van der Waals surface area contributed by atoms with E-state index in [1.807, 2.05) is 6.92 Å². The van der Waals surface area contributed by atoms with Crippen molar-refractivity contribution in [1.82, 2.24) is 5.32 Å². The Labute approximate surface area is 104 Å². The molecule has 0 radical (unpaired) electrons. The zero-order chi connectivity index (χ0) is 13.9. The first-order valence-electron chi connectivity index (χ1n) is 5.95. The van der Waals surface area contributed by atoms with Gasteiger partial charge in [0.1, 0.15) is 0 Å². The van der Waals surface area contributed by atoms with E-state index in [0.29, 0.717) is 0 Å². The van der Waals surface area contributed by atoms with Gasteiger partial charge in [-0.15, -0.1) is 0 Å². The second-order valence-electron chi connectivity index (χ2n) is 6.57. The molecule has 0 rings (SSSR count). The van der Waals surface area contributed by atoms with Crippen LogP contribution in [0.3, 0.4) is 0 Å². The van der Waals surface area contributed by atoms with E-state index in [1.165, 1.54) is 0 Å². The van der Waals surface area contributed by atoms with Gasteiger partial charge in [-0.1, -0.05) is 34.6 Å². The second kappa shape index (κ2) is 5.52. The van der Waals surface area contributed by atoms with Gasteiger partial charge in [-0.3, -0.25) is 9.59 Å². The van der Waals surface area contributed by atoms with Gasteiger partial charge in [0.25, 0.3) is 0 Å². The summed E-state index contributed by atoms with van der Waals surface area (Å²) in [5, 5.41) is 11.7. The predicted molar refractivity (Wildman–Crippen MR) is 67.7 cm³/mol. The van der Waals surface area contributed by atoms with Crippen LogP contribution in [-0.4, -0.2) is 23.0 Å². The number of aliphatic carboxylic acids is 1. The summed E-state index contributed by atoms with van der Waals surface area (Å²) in [6.07, 6.45) is 0.240. The van der Waals surface area contributed by atoms with E-state index in [-0.39, 0.29) is 30.2 Å². The zero-order valence-corrected chi connectivity index (χ0v) is 11.8. The van der Waals surface area contributed by atoms with Gasteiger partial charge in [-0.05, 0) is 17.8 Å². The van der Waals surface area contributed by atoms with Crippen LogP contribution in [0.5, 0.6) is 0 Å². The summed E-state index contributed by atoms with van der Waals surface area (Å²) >= 11 is 0. The number of carboxylic acids is 1. The summed E-state index contributed by atoms with van der Waals surface area (Å²) in [6.45, 7) is 11.7. The van der Waals surface area contributed by atoms with Gasteiger partial charge in [0.05, 0.1) is 6.42 Å². The van der Waals surface area contributed by atoms with Crippen LogP contribution in [0.15, 0.2) is 0 Å². The van der Waals surface area contributed by atoms with E-state index in [1.54, 1.807) is 13.8 Å². The van der Waals surface area contributed by atoms with Crippen molar-refractivity contribution < 1.29 is 14.7 Å². The molecule has 17 heavy (non-hydrogen) atoms. The average molecular weight is 243 g/mol. The number of amides is 1. The number of hydrogen-bond donors (Lipinski definition) is 2. The molecule has 0 fully saturated rings. The lowest BCUT2D eigenvalue weighted by molar-refractivity contribution is -0.139. The van der Waals surface area contributed by atoms with Crippen LogP contribution in [0, 0.1) is 10.8 Å². The van der Waals surface area contributed by atoms with Crippen LogP contribution >= 0.6 is 0 Å². The number of hydrogen-bond acceptors (Lipinski definition) is 2. The summed E-state index contributed by atoms with van der Waals surface area (Å²) in [7, 11) is 0. The van der Waals surface area contributed by atoms with Crippen LogP contribution in [-0.2, 0) is 9.59 Å². The molecule has 4 nitrogen and oxygen atoms in total. The Bertz CT molecular complexity index is 290. The molecule has 4 heteroatoms. The molecular formula is C13H25NO3. The molecule has 0 aromatic heterocycles. The van der Waals surface area contributed by atoms with E-state index < -0.39 is 11.4 Å². The minimum Gasteiger partial charge on any atom is -0.481 e. The molecule has 0 aliphatic heterocycles. The lowest BCUT2D eigenvalue weighted by Crippen LogP contribution is -2.42. The van der Waals surface area contributed by atoms with Crippen LogP contribution in [0.1, 0.15) is 54.4 Å². The van der Waals surface area contributed by atoms with Gasteiger partial charge in [0.15, 0.2) is 0 Å². The zero-order valence-electron chi connectivity index (χ0n) is 11.8. The first kappa shape index (κ1) is 15.9. The first-order chi connectivity index (χ1) is 7.44. The van der Waals surface area contributed by atoms with Crippen LogP contribution in [0.4, 0.5) is 0 Å². The highest BCUT2D eigenvalue weighted by Gasteiger charge is 2.27. The standard InChI is InChI=1S/C13H25NO3/c1-9(12(2,3)4)14-10(15)7-13(5,6)8-11(16)17/h9H,7-8H2,1-6H3,(H,14,15)(H,16,17). The largest absolute Gasteiger partial charge is 0.481 e. The van der Waals surface area contributed by atoms with Crippen molar-refractivity contribution in [1.29, 1.82) is 0 Å². The van der Waals surface area contributed by atoms with Crippen LogP contribution < -0.4 is 5.32 Å². The van der Waals surface area contributed by atoms with Crippen LogP contribution in [0.25, 0.3) is 0 Å². The molecule has 1 amide bonds. The lowest BCUT2D eigenvalue weighted by Gasteiger charge is -2.30. The topological polar surface area (TPSA) is 66.4 Å². The third-order valence-electron chi connectivity index (χ3n) is 2.95. The van der Waals surface area contributed by atoms with Gasteiger partial charge in [-0.2, -0.15) is 0 Å². The average Bonchev–Trinajstić information content (AvgIpc) is 1.96. The van der Waals surface area contributed by atoms with Crippen molar-refractivity contribution in [3.05, 3.63) is 0 Å². The molecule has 1 atom stereocenters. The molecule has 2 N–H and O–H groups in total. The van der Waals surface area contributed by atoms with Crippen molar-refractivity contribution in [2.24, 2.45) is 10.8 Å². The Morgan fingerprint density at radius 1 is 1.12 bits per heavy atom. The summed E-state index contributed by atoms with van der Waals surface area (Å²) in [5.74, 6) is -0.953. The maximum atomic E-state index is 11.8. The minimum atomic E-state index is -0.869. The van der Waals surface area contributed by atoms with Crippen molar-refractivity contribution >= 4 is 11.9 Å². The fourth-order valence-corrected chi connectivity index (χ4v) is 1.42. The summed E-state index contributed by atoms with van der Waals surface area (Å²) < 4.78 is 0. The highest BCUT2D eigenvalue weighted by molar-refractivity contribution is 5.78. The molecule has 0 saturated heterocycles. The fraction of sp³-hybridized carbons (Fsp3) is 0.846. The lowest BCUT2D eigenvalue weighted by atomic mass is 9.84. The molecule has 0 heterocycles. The summed E-state index contributed by atoms with van der Waals surface area (Å²) in [4.78, 5) is 22.4. The maximum absolute atomic E-state index is 11.8. The van der Waals surface area contributed by atoms with Crippen LogP contribution in [0.2, 0.25) is 0 Å². The molecule has 100 valence electrons. The summed E-state index contributed by atoms with van der Waals surface area (Å²) in [6, 6.07) is 0.0654. The highest BCUT2D eigenvalue weighted by Crippen LogP contribution is 2.25. The Hall–Kier alpha value is -1.06. The molecule has 1 unspecified atom stereocenters. The normalized spacial score (nSPS) is 14.2. The fourth-order valence-electron chi connectivity index (χ4n) is 1.42. The quantitative estimate of drug-likeness (QED) is 0.779. The number of rotatable bonds is 5. The van der Waals surface area contributed by atoms with Gasteiger partial charge in [0, 0.05) is 12.5 Å². The summed E-state index contributed by atoms with van der Waals surface area (Å²) in [5.41, 5.74) is -0.500. The third-order valence-corrected chi connectivity index (χ3v) is 2.95. The van der Waals surface area contributed by atoms with Gasteiger partial charge < -0.3 is 10.4 Å². The van der Waals surface area contributed by atoms with E-state index in [4.69, 9.17) is 5.11 Å².